The highest BCUT2D eigenvalue weighted by atomic mass is 16.3. The van der Waals surface area contributed by atoms with Crippen molar-refractivity contribution in [2.75, 3.05) is 0 Å². The Morgan fingerprint density at radius 1 is 0.373 bits per heavy atom. The minimum Gasteiger partial charge on any atom is -0.456 e. The van der Waals surface area contributed by atoms with Crippen molar-refractivity contribution in [3.05, 3.63) is 199 Å². The quantitative estimate of drug-likeness (QED) is 0.186. The van der Waals surface area contributed by atoms with Crippen LogP contribution in [-0.4, -0.2) is 4.57 Å². The third-order valence-electron chi connectivity index (χ3n) is 10.9. The van der Waals surface area contributed by atoms with E-state index in [0.29, 0.717) is 0 Å². The number of benzene rings is 8. The molecule has 0 spiro atoms. The van der Waals surface area contributed by atoms with E-state index in [0.717, 1.165) is 27.6 Å². The van der Waals surface area contributed by atoms with Crippen LogP contribution < -0.4 is 0 Å². The van der Waals surface area contributed by atoms with Crippen LogP contribution in [0, 0.1) is 0 Å². The summed E-state index contributed by atoms with van der Waals surface area (Å²) in [6.45, 7) is 0. The average Bonchev–Trinajstić information content (AvgIpc) is 3.85. The minimum atomic E-state index is 0.229. The number of hydrogen-bond donors (Lipinski definition) is 0. The lowest BCUT2D eigenvalue weighted by atomic mass is 9.88. The maximum atomic E-state index is 6.08. The summed E-state index contributed by atoms with van der Waals surface area (Å²) in [6.07, 6.45) is 0. The molecule has 0 saturated heterocycles. The molecule has 2 heterocycles. The van der Waals surface area contributed by atoms with Gasteiger partial charge in [-0.1, -0.05) is 127 Å². The number of nitrogens with zero attached hydrogens (tertiary/aromatic N) is 1. The van der Waals surface area contributed by atoms with Crippen LogP contribution in [0.25, 0.3) is 82.8 Å². The minimum absolute atomic E-state index is 0.229. The van der Waals surface area contributed by atoms with E-state index in [4.69, 9.17) is 4.42 Å². The van der Waals surface area contributed by atoms with Crippen molar-refractivity contribution in [2.24, 2.45) is 0 Å². The Bertz CT molecular complexity index is 2960. The number of furan rings is 1. The van der Waals surface area contributed by atoms with Gasteiger partial charge in [0.05, 0.1) is 11.0 Å². The Balaban J connectivity index is 1.00. The summed E-state index contributed by atoms with van der Waals surface area (Å²) < 4.78 is 8.48. The fourth-order valence-corrected chi connectivity index (χ4v) is 8.53. The van der Waals surface area contributed by atoms with Gasteiger partial charge >= 0.3 is 0 Å². The summed E-state index contributed by atoms with van der Waals surface area (Å²) in [5.74, 6) is 0.229. The molecule has 1 aliphatic rings. The van der Waals surface area contributed by atoms with Crippen LogP contribution in [-0.2, 0) is 0 Å². The highest BCUT2D eigenvalue weighted by Gasteiger charge is 2.30. The first-order valence-electron chi connectivity index (χ1n) is 17.6. The molecule has 0 radical (unpaired) electrons. The second-order valence-corrected chi connectivity index (χ2v) is 13.7. The monoisotopic (exact) mass is 649 g/mol. The van der Waals surface area contributed by atoms with E-state index in [1.807, 2.05) is 12.1 Å². The topological polar surface area (TPSA) is 18.1 Å². The molecule has 1 unspecified atom stereocenters. The molecule has 1 aliphatic carbocycles. The number of para-hydroxylation sites is 2. The summed E-state index contributed by atoms with van der Waals surface area (Å²) in [4.78, 5) is 0. The molecule has 2 nitrogen and oxygen atoms in total. The zero-order chi connectivity index (χ0) is 33.5. The lowest BCUT2D eigenvalue weighted by molar-refractivity contribution is 0.669. The van der Waals surface area contributed by atoms with E-state index in [1.54, 1.807) is 0 Å². The van der Waals surface area contributed by atoms with E-state index >= 15 is 0 Å². The average molecular weight is 650 g/mol. The number of fused-ring (bicyclic) bond motifs is 9. The van der Waals surface area contributed by atoms with Crippen molar-refractivity contribution in [3.63, 3.8) is 0 Å². The molecule has 0 saturated carbocycles. The van der Waals surface area contributed by atoms with Crippen LogP contribution >= 0.6 is 0 Å². The van der Waals surface area contributed by atoms with E-state index in [9.17, 15) is 0 Å². The molecule has 51 heavy (non-hydrogen) atoms. The Morgan fingerprint density at radius 3 is 1.88 bits per heavy atom. The van der Waals surface area contributed by atoms with Gasteiger partial charge in [0.1, 0.15) is 11.2 Å². The SMILES string of the molecule is c1ccc(C2c3ccccc3-c3ccc(-c4ccc5c(c4)c4ccccc4n5-c4ccc(-c5ccc6oc7ccccc7c6c5)cc4)cc32)cc1. The molecule has 2 heteroatoms. The van der Waals surface area contributed by atoms with Gasteiger partial charge in [-0.2, -0.15) is 0 Å². The molecule has 238 valence electrons. The summed E-state index contributed by atoms with van der Waals surface area (Å²) in [6, 6.07) is 66.3. The predicted molar refractivity (Wildman–Crippen MR) is 212 cm³/mol. The van der Waals surface area contributed by atoms with Gasteiger partial charge in [-0.3, -0.25) is 0 Å². The third-order valence-corrected chi connectivity index (χ3v) is 10.9. The van der Waals surface area contributed by atoms with E-state index in [1.165, 1.54) is 71.9 Å². The lowest BCUT2D eigenvalue weighted by Crippen LogP contribution is -1.99. The van der Waals surface area contributed by atoms with Gasteiger partial charge in [0.2, 0.25) is 0 Å². The van der Waals surface area contributed by atoms with Crippen LogP contribution in [0.3, 0.4) is 0 Å². The molecule has 0 aliphatic heterocycles. The zero-order valence-electron chi connectivity index (χ0n) is 27.8. The molecule has 11 rings (SSSR count). The van der Waals surface area contributed by atoms with Crippen molar-refractivity contribution in [1.29, 1.82) is 0 Å². The first-order chi connectivity index (χ1) is 25.3. The van der Waals surface area contributed by atoms with Crippen molar-refractivity contribution in [1.82, 2.24) is 4.57 Å². The molecule has 2 aromatic heterocycles. The highest BCUT2D eigenvalue weighted by molar-refractivity contribution is 6.11. The van der Waals surface area contributed by atoms with Gasteiger partial charge in [-0.05, 0) is 105 Å². The molecule has 0 N–H and O–H groups in total. The predicted octanol–water partition coefficient (Wildman–Crippen LogP) is 13.2. The Kier molecular flexibility index (Phi) is 6.05. The van der Waals surface area contributed by atoms with E-state index in [2.05, 4.69) is 174 Å². The van der Waals surface area contributed by atoms with Gasteiger partial charge in [0.25, 0.3) is 0 Å². The second kappa shape index (κ2) is 10.9. The molecule has 1 atom stereocenters. The van der Waals surface area contributed by atoms with Gasteiger partial charge in [0.15, 0.2) is 0 Å². The first kappa shape index (κ1) is 28.2. The Morgan fingerprint density at radius 2 is 0.980 bits per heavy atom. The third kappa shape index (κ3) is 4.30. The number of rotatable bonds is 4. The molecule has 0 bridgehead atoms. The largest absolute Gasteiger partial charge is 0.456 e. The highest BCUT2D eigenvalue weighted by Crippen LogP contribution is 2.49. The summed E-state index contributed by atoms with van der Waals surface area (Å²) in [5, 5.41) is 4.81. The van der Waals surface area contributed by atoms with Crippen LogP contribution in [0.5, 0.6) is 0 Å². The fourth-order valence-electron chi connectivity index (χ4n) is 8.53. The zero-order valence-corrected chi connectivity index (χ0v) is 27.8. The van der Waals surface area contributed by atoms with Gasteiger partial charge < -0.3 is 8.98 Å². The second-order valence-electron chi connectivity index (χ2n) is 13.7. The molecular formula is C49H31NO. The Hall–Kier alpha value is -6.64. The Labute approximate surface area is 295 Å². The van der Waals surface area contributed by atoms with Crippen molar-refractivity contribution < 1.29 is 4.42 Å². The standard InChI is InChI=1S/C49H31NO/c1-2-10-32(11-3-1)49-41-15-5-4-12-37(41)38-25-20-34(30-44(38)49)35-21-26-46-42(28-35)39-13-6-8-16-45(39)50(46)36-23-18-31(19-24-36)33-22-27-48-43(29-33)40-14-7-9-17-47(40)51-48/h1-30,49H. The van der Waals surface area contributed by atoms with Crippen molar-refractivity contribution >= 4 is 43.7 Å². The lowest BCUT2D eigenvalue weighted by Gasteiger charge is -2.15. The maximum absolute atomic E-state index is 6.08. The first-order valence-corrected chi connectivity index (χ1v) is 17.6. The summed E-state index contributed by atoms with van der Waals surface area (Å²) in [5.41, 5.74) is 17.0. The van der Waals surface area contributed by atoms with Crippen LogP contribution in [0.15, 0.2) is 186 Å². The van der Waals surface area contributed by atoms with Gasteiger partial charge in [-0.25, -0.2) is 0 Å². The van der Waals surface area contributed by atoms with Crippen molar-refractivity contribution in [3.8, 4) is 39.1 Å². The van der Waals surface area contributed by atoms with Gasteiger partial charge in [-0.15, -0.1) is 0 Å². The normalized spacial score (nSPS) is 13.7. The molecule has 8 aromatic carbocycles. The maximum Gasteiger partial charge on any atom is 0.135 e. The number of aromatic nitrogens is 1. The molecule has 0 amide bonds. The van der Waals surface area contributed by atoms with Gasteiger partial charge in [0, 0.05) is 33.2 Å². The van der Waals surface area contributed by atoms with Crippen LogP contribution in [0.1, 0.15) is 22.6 Å². The van der Waals surface area contributed by atoms with Crippen LogP contribution in [0.2, 0.25) is 0 Å². The van der Waals surface area contributed by atoms with Crippen LogP contribution in [0.4, 0.5) is 0 Å². The summed E-state index contributed by atoms with van der Waals surface area (Å²) in [7, 11) is 0. The number of hydrogen-bond acceptors (Lipinski definition) is 1. The smallest absolute Gasteiger partial charge is 0.135 e. The fraction of sp³-hybridized carbons (Fsp3) is 0.0204. The summed E-state index contributed by atoms with van der Waals surface area (Å²) >= 11 is 0. The molecule has 0 fully saturated rings. The molecular weight excluding hydrogens is 619 g/mol. The molecule has 10 aromatic rings. The van der Waals surface area contributed by atoms with E-state index < -0.39 is 0 Å². The van der Waals surface area contributed by atoms with Crippen molar-refractivity contribution in [2.45, 2.75) is 5.92 Å². The van der Waals surface area contributed by atoms with E-state index in [-0.39, 0.29) is 5.92 Å².